The Morgan fingerprint density at radius 3 is 1.62 bits per heavy atom. The van der Waals surface area contributed by atoms with Crippen molar-refractivity contribution in [2.24, 2.45) is 0 Å². The van der Waals surface area contributed by atoms with Crippen LogP contribution in [-0.2, 0) is 0 Å². The minimum atomic E-state index is 0.737. The van der Waals surface area contributed by atoms with Crippen LogP contribution in [-0.4, -0.2) is 6.29 Å². The summed E-state index contributed by atoms with van der Waals surface area (Å²) in [5, 5.41) is 0. The highest BCUT2D eigenvalue weighted by atomic mass is 16.1. The lowest BCUT2D eigenvalue weighted by Crippen LogP contribution is -1.77. The van der Waals surface area contributed by atoms with Crippen molar-refractivity contribution in [1.82, 2.24) is 0 Å². The maximum Gasteiger partial charge on any atom is 0.150 e. The van der Waals surface area contributed by atoms with Crippen LogP contribution in [0.15, 0.2) is 24.3 Å². The largest absolute Gasteiger partial charge is 0.298 e. The van der Waals surface area contributed by atoms with Gasteiger partial charge in [0.25, 0.3) is 0 Å². The first-order chi connectivity index (χ1) is 6.33. The fourth-order valence-electron chi connectivity index (χ4n) is 0.645. The molecular weight excluding hydrogens is 160 g/mol. The summed E-state index contributed by atoms with van der Waals surface area (Å²) in [5.41, 5.74) is 1.92. The van der Waals surface area contributed by atoms with E-state index in [9.17, 15) is 4.79 Å². The zero-order valence-corrected chi connectivity index (χ0v) is 9.29. The summed E-state index contributed by atoms with van der Waals surface area (Å²) in [6.45, 7) is 9.99. The van der Waals surface area contributed by atoms with Gasteiger partial charge in [0.15, 0.2) is 0 Å². The van der Waals surface area contributed by atoms with Crippen molar-refractivity contribution >= 4 is 6.29 Å². The second kappa shape index (κ2) is 10.9. The molecule has 0 aromatic heterocycles. The van der Waals surface area contributed by atoms with Gasteiger partial charge in [0, 0.05) is 5.56 Å². The number of aldehydes is 1. The molecule has 0 aliphatic rings. The Kier molecular flexibility index (Phi) is 12.1. The van der Waals surface area contributed by atoms with E-state index in [1.54, 1.807) is 0 Å². The Morgan fingerprint density at radius 2 is 1.31 bits per heavy atom. The molecule has 0 bridgehead atoms. The third-order valence-corrected chi connectivity index (χ3v) is 1.21. The van der Waals surface area contributed by atoms with E-state index in [0.717, 1.165) is 11.8 Å². The summed E-state index contributed by atoms with van der Waals surface area (Å²) >= 11 is 0. The summed E-state index contributed by atoms with van der Waals surface area (Å²) in [4.78, 5) is 10.1. The van der Waals surface area contributed by atoms with Crippen LogP contribution < -0.4 is 0 Å². The van der Waals surface area contributed by atoms with Crippen LogP contribution in [0.5, 0.6) is 0 Å². The van der Waals surface area contributed by atoms with Gasteiger partial charge in [-0.2, -0.15) is 0 Å². The predicted octanol–water partition coefficient (Wildman–Crippen LogP) is 3.86. The molecule has 0 saturated heterocycles. The van der Waals surface area contributed by atoms with Crippen molar-refractivity contribution in [3.8, 4) is 0 Å². The van der Waals surface area contributed by atoms with E-state index in [0.29, 0.717) is 0 Å². The van der Waals surface area contributed by atoms with Gasteiger partial charge in [0.05, 0.1) is 0 Å². The van der Waals surface area contributed by atoms with Gasteiger partial charge in [-0.3, -0.25) is 4.79 Å². The van der Waals surface area contributed by atoms with Crippen LogP contribution in [0.3, 0.4) is 0 Å². The topological polar surface area (TPSA) is 17.1 Å². The Morgan fingerprint density at radius 1 is 0.923 bits per heavy atom. The Balaban J connectivity index is 0. The number of carbonyl (C=O) groups excluding carboxylic acids is 1. The molecule has 0 radical (unpaired) electrons. The first-order valence-corrected chi connectivity index (χ1v) is 4.85. The fourth-order valence-corrected chi connectivity index (χ4v) is 0.645. The van der Waals surface area contributed by atoms with Crippen LogP contribution in [0.4, 0.5) is 0 Å². The lowest BCUT2D eigenvalue weighted by molar-refractivity contribution is 0.112. The predicted molar refractivity (Wildman–Crippen MR) is 59.3 cm³/mol. The molecule has 0 aliphatic carbocycles. The third-order valence-electron chi connectivity index (χ3n) is 1.21. The van der Waals surface area contributed by atoms with E-state index in [1.165, 1.54) is 5.56 Å². The summed E-state index contributed by atoms with van der Waals surface area (Å²) in [7, 11) is 0. The zero-order chi connectivity index (χ0) is 10.7. The summed E-state index contributed by atoms with van der Waals surface area (Å²) in [6, 6.07) is 7.46. The molecule has 1 aromatic rings. The van der Waals surface area contributed by atoms with Crippen molar-refractivity contribution in [1.29, 1.82) is 0 Å². The van der Waals surface area contributed by atoms with Crippen LogP contribution in [0.2, 0.25) is 0 Å². The molecule has 0 fully saturated rings. The highest BCUT2D eigenvalue weighted by Crippen LogP contribution is 1.98. The van der Waals surface area contributed by atoms with Crippen molar-refractivity contribution in [3.05, 3.63) is 35.4 Å². The number of hydrogen-bond donors (Lipinski definition) is 0. The van der Waals surface area contributed by atoms with Crippen LogP contribution >= 0.6 is 0 Å². The van der Waals surface area contributed by atoms with Gasteiger partial charge in [-0.1, -0.05) is 57.5 Å². The monoisotopic (exact) mass is 180 g/mol. The lowest BCUT2D eigenvalue weighted by atomic mass is 10.2. The second-order valence-electron chi connectivity index (χ2n) is 2.03. The van der Waals surface area contributed by atoms with Gasteiger partial charge in [-0.25, -0.2) is 0 Å². The molecule has 0 spiro atoms. The van der Waals surface area contributed by atoms with E-state index in [-0.39, 0.29) is 0 Å². The molecule has 74 valence electrons. The molecular formula is C12H20O. The lowest BCUT2D eigenvalue weighted by Gasteiger charge is -1.89. The van der Waals surface area contributed by atoms with Gasteiger partial charge in [0.2, 0.25) is 0 Å². The standard InChI is InChI=1S/C8H8O.2C2H6/c1-7-2-4-8(6-9)5-3-7;2*1-2/h2-6H,1H3;2*1-2H3. The molecule has 1 aromatic carbocycles. The van der Waals surface area contributed by atoms with Crippen LogP contribution in [0.1, 0.15) is 43.6 Å². The molecule has 0 heterocycles. The molecule has 0 aliphatic heterocycles. The van der Waals surface area contributed by atoms with Crippen LogP contribution in [0.25, 0.3) is 0 Å². The maximum atomic E-state index is 10.1. The Bertz CT molecular complexity index is 199. The molecule has 0 N–H and O–H groups in total. The smallest absolute Gasteiger partial charge is 0.150 e. The first-order valence-electron chi connectivity index (χ1n) is 4.85. The number of hydrogen-bond acceptors (Lipinski definition) is 1. The molecule has 1 heteroatoms. The van der Waals surface area contributed by atoms with Crippen molar-refractivity contribution in [2.75, 3.05) is 0 Å². The number of benzene rings is 1. The zero-order valence-electron chi connectivity index (χ0n) is 9.29. The molecule has 1 nitrogen and oxygen atoms in total. The summed E-state index contributed by atoms with van der Waals surface area (Å²) < 4.78 is 0. The number of rotatable bonds is 1. The van der Waals surface area contributed by atoms with Crippen molar-refractivity contribution < 1.29 is 4.79 Å². The van der Waals surface area contributed by atoms with Crippen LogP contribution in [0, 0.1) is 6.92 Å². The normalized spacial score (nSPS) is 7.15. The van der Waals surface area contributed by atoms with E-state index >= 15 is 0 Å². The second-order valence-corrected chi connectivity index (χ2v) is 2.03. The number of carbonyl (C=O) groups is 1. The average Bonchev–Trinajstić information content (AvgIpc) is 2.25. The third kappa shape index (κ3) is 7.26. The van der Waals surface area contributed by atoms with E-state index in [2.05, 4.69) is 0 Å². The van der Waals surface area contributed by atoms with E-state index < -0.39 is 0 Å². The minimum Gasteiger partial charge on any atom is -0.298 e. The molecule has 0 unspecified atom stereocenters. The first kappa shape index (κ1) is 14.4. The quantitative estimate of drug-likeness (QED) is 0.600. The van der Waals surface area contributed by atoms with Gasteiger partial charge in [-0.15, -0.1) is 0 Å². The molecule has 0 amide bonds. The summed E-state index contributed by atoms with van der Waals surface area (Å²) in [6.07, 6.45) is 0.847. The average molecular weight is 180 g/mol. The fraction of sp³-hybridized carbons (Fsp3) is 0.417. The molecule has 0 atom stereocenters. The van der Waals surface area contributed by atoms with E-state index in [4.69, 9.17) is 0 Å². The van der Waals surface area contributed by atoms with Gasteiger partial charge in [0.1, 0.15) is 6.29 Å². The summed E-state index contributed by atoms with van der Waals surface area (Å²) in [5.74, 6) is 0. The van der Waals surface area contributed by atoms with Gasteiger partial charge < -0.3 is 0 Å². The maximum absolute atomic E-state index is 10.1. The van der Waals surface area contributed by atoms with Crippen molar-refractivity contribution in [3.63, 3.8) is 0 Å². The molecule has 1 rings (SSSR count). The van der Waals surface area contributed by atoms with Gasteiger partial charge in [-0.05, 0) is 6.92 Å². The SMILES string of the molecule is CC.CC.Cc1ccc(C=O)cc1. The number of aryl methyl sites for hydroxylation is 1. The molecule has 0 saturated carbocycles. The van der Waals surface area contributed by atoms with Gasteiger partial charge >= 0.3 is 0 Å². The Labute approximate surface area is 81.8 Å². The van der Waals surface area contributed by atoms with E-state index in [1.807, 2.05) is 58.9 Å². The minimum absolute atomic E-state index is 0.737. The molecule has 13 heavy (non-hydrogen) atoms. The Hall–Kier alpha value is -1.11. The highest BCUT2D eigenvalue weighted by molar-refractivity contribution is 5.74. The highest BCUT2D eigenvalue weighted by Gasteiger charge is 1.85. The van der Waals surface area contributed by atoms with Crippen molar-refractivity contribution in [2.45, 2.75) is 34.6 Å².